The first-order chi connectivity index (χ1) is 17.1. The van der Waals surface area contributed by atoms with Gasteiger partial charge >= 0.3 is 0 Å². The smallest absolute Gasteiger partial charge is 0.223 e. The van der Waals surface area contributed by atoms with Crippen molar-refractivity contribution in [2.75, 3.05) is 32.7 Å². The third kappa shape index (κ3) is 5.62. The number of likely N-dealkylation sites (tertiary alicyclic amines) is 2. The molecular weight excluding hydrogens is 432 g/mol. The van der Waals surface area contributed by atoms with Gasteiger partial charge in [-0.25, -0.2) is 0 Å². The largest absolute Gasteiger partial charge is 0.354 e. The summed E-state index contributed by atoms with van der Waals surface area (Å²) in [4.78, 5) is 17.9. The molecule has 2 aliphatic rings. The molecule has 1 N–H and O–H groups in total. The quantitative estimate of drug-likeness (QED) is 0.511. The van der Waals surface area contributed by atoms with E-state index in [1.807, 2.05) is 0 Å². The molecule has 1 aromatic heterocycles. The number of benzene rings is 2. The molecule has 186 valence electrons. The molecular formula is C30H40N4O. The molecule has 1 amide bonds. The molecule has 2 aliphatic heterocycles. The molecule has 5 rings (SSSR count). The second-order valence-corrected chi connectivity index (χ2v) is 10.5. The Hall–Kier alpha value is -2.63. The van der Waals surface area contributed by atoms with E-state index >= 15 is 0 Å². The van der Waals surface area contributed by atoms with Gasteiger partial charge in [0.1, 0.15) is 0 Å². The highest BCUT2D eigenvalue weighted by Gasteiger charge is 2.28. The van der Waals surface area contributed by atoms with Gasteiger partial charge in [0.2, 0.25) is 5.91 Å². The lowest BCUT2D eigenvalue weighted by molar-refractivity contribution is -0.126. The fourth-order valence-electron chi connectivity index (χ4n) is 6.07. The lowest BCUT2D eigenvalue weighted by atomic mass is 9.95. The third-order valence-corrected chi connectivity index (χ3v) is 8.08. The van der Waals surface area contributed by atoms with Crippen LogP contribution in [-0.2, 0) is 17.9 Å². The number of carbonyl (C=O) groups is 1. The highest BCUT2D eigenvalue weighted by molar-refractivity contribution is 5.81. The van der Waals surface area contributed by atoms with Gasteiger partial charge in [-0.3, -0.25) is 14.6 Å². The van der Waals surface area contributed by atoms with Crippen LogP contribution >= 0.6 is 0 Å². The molecule has 2 aromatic carbocycles. The number of carbonyl (C=O) groups excluding carboxylic acids is 1. The van der Waals surface area contributed by atoms with Crippen molar-refractivity contribution in [3.05, 3.63) is 71.4 Å². The third-order valence-electron chi connectivity index (χ3n) is 8.08. The number of hydrogen-bond acceptors (Lipinski definition) is 3. The van der Waals surface area contributed by atoms with Crippen molar-refractivity contribution in [1.29, 1.82) is 0 Å². The van der Waals surface area contributed by atoms with Crippen LogP contribution in [0.25, 0.3) is 10.9 Å². The number of aromatic nitrogens is 1. The van der Waals surface area contributed by atoms with Crippen molar-refractivity contribution in [2.45, 2.75) is 58.7 Å². The molecule has 2 fully saturated rings. The Morgan fingerprint density at radius 1 is 0.971 bits per heavy atom. The van der Waals surface area contributed by atoms with Gasteiger partial charge in [0.05, 0.1) is 0 Å². The number of nitrogens with one attached hydrogen (secondary N) is 1. The van der Waals surface area contributed by atoms with Crippen LogP contribution in [0.3, 0.4) is 0 Å². The van der Waals surface area contributed by atoms with Crippen molar-refractivity contribution >= 4 is 16.8 Å². The molecule has 0 unspecified atom stereocenters. The zero-order chi connectivity index (χ0) is 24.2. The minimum absolute atomic E-state index is 0.154. The van der Waals surface area contributed by atoms with Crippen LogP contribution in [0.1, 0.15) is 49.4 Å². The topological polar surface area (TPSA) is 40.5 Å². The predicted octanol–water partition coefficient (Wildman–Crippen LogP) is 4.81. The van der Waals surface area contributed by atoms with E-state index in [-0.39, 0.29) is 11.8 Å². The maximum atomic E-state index is 12.9. The minimum Gasteiger partial charge on any atom is -0.354 e. The molecule has 5 nitrogen and oxygen atoms in total. The maximum Gasteiger partial charge on any atom is 0.223 e. The number of fused-ring (bicyclic) bond motifs is 1. The average molecular weight is 473 g/mol. The zero-order valence-electron chi connectivity index (χ0n) is 21.4. The summed E-state index contributed by atoms with van der Waals surface area (Å²) in [5.41, 5.74) is 5.30. The molecule has 0 bridgehead atoms. The van der Waals surface area contributed by atoms with E-state index in [4.69, 9.17) is 0 Å². The number of amides is 1. The van der Waals surface area contributed by atoms with Crippen molar-refractivity contribution in [3.8, 4) is 0 Å². The van der Waals surface area contributed by atoms with Crippen LogP contribution in [0, 0.1) is 12.8 Å². The summed E-state index contributed by atoms with van der Waals surface area (Å²) in [6.07, 6.45) is 4.37. The number of para-hydroxylation sites is 1. The summed E-state index contributed by atoms with van der Waals surface area (Å²) < 4.78 is 2.48. The van der Waals surface area contributed by atoms with Crippen LogP contribution in [-0.4, -0.2) is 59.0 Å². The molecule has 0 radical (unpaired) electrons. The van der Waals surface area contributed by atoms with E-state index in [9.17, 15) is 4.79 Å². The van der Waals surface area contributed by atoms with E-state index < -0.39 is 0 Å². The molecule has 5 heteroatoms. The average Bonchev–Trinajstić information content (AvgIpc) is 3.47. The molecule has 1 atom stereocenters. The summed E-state index contributed by atoms with van der Waals surface area (Å²) in [5.74, 6) is 0.419. The second kappa shape index (κ2) is 11.0. The Balaban J connectivity index is 1.20. The van der Waals surface area contributed by atoms with E-state index in [1.54, 1.807) is 0 Å². The summed E-state index contributed by atoms with van der Waals surface area (Å²) in [5, 5.41) is 4.58. The molecule has 0 aliphatic carbocycles. The fourth-order valence-corrected chi connectivity index (χ4v) is 6.07. The molecule has 2 saturated heterocycles. The number of hydrogen-bond donors (Lipinski definition) is 1. The number of aryl methyl sites for hydroxylation is 1. The highest BCUT2D eigenvalue weighted by atomic mass is 16.1. The monoisotopic (exact) mass is 472 g/mol. The van der Waals surface area contributed by atoms with Gasteiger partial charge in [-0.1, -0.05) is 55.0 Å². The lowest BCUT2D eigenvalue weighted by Crippen LogP contribution is -2.44. The van der Waals surface area contributed by atoms with Crippen LogP contribution in [0.2, 0.25) is 0 Å². The number of nitrogens with zero attached hydrogens (tertiary/aromatic N) is 3. The van der Waals surface area contributed by atoms with Crippen molar-refractivity contribution in [2.24, 2.45) is 5.92 Å². The van der Waals surface area contributed by atoms with Gasteiger partial charge in [0.25, 0.3) is 0 Å². The van der Waals surface area contributed by atoms with Crippen molar-refractivity contribution < 1.29 is 4.79 Å². The van der Waals surface area contributed by atoms with Crippen LogP contribution < -0.4 is 5.32 Å². The van der Waals surface area contributed by atoms with Gasteiger partial charge in [0.15, 0.2) is 0 Å². The van der Waals surface area contributed by atoms with Crippen LogP contribution in [0.5, 0.6) is 0 Å². The standard InChI is InChI=1S/C30H40N4O/c1-3-33-15-7-11-27(33)20-31-30(35)25-13-16-32(17-14-25)22-28-19-26-10-4-5-12-29(26)34(28)21-24-9-6-8-23(2)18-24/h4-6,8-10,12,18-19,25,27H,3,7,11,13-17,20-22H2,1-2H3,(H,31,35)/t27-/m0/s1. The summed E-state index contributed by atoms with van der Waals surface area (Å²) >= 11 is 0. The van der Waals surface area contributed by atoms with Crippen LogP contribution in [0.4, 0.5) is 0 Å². The van der Waals surface area contributed by atoms with Gasteiger partial charge in [-0.2, -0.15) is 0 Å². The van der Waals surface area contributed by atoms with E-state index in [2.05, 4.69) is 88.1 Å². The SMILES string of the molecule is CCN1CCC[C@H]1CNC(=O)C1CCN(Cc2cc3ccccc3n2Cc2cccc(C)c2)CC1. The van der Waals surface area contributed by atoms with Crippen molar-refractivity contribution in [1.82, 2.24) is 19.7 Å². The maximum absolute atomic E-state index is 12.9. The van der Waals surface area contributed by atoms with E-state index in [0.29, 0.717) is 6.04 Å². The van der Waals surface area contributed by atoms with Gasteiger partial charge in [-0.15, -0.1) is 0 Å². The first-order valence-electron chi connectivity index (χ1n) is 13.5. The fraction of sp³-hybridized carbons (Fsp3) is 0.500. The summed E-state index contributed by atoms with van der Waals surface area (Å²) in [6, 6.07) is 20.4. The Morgan fingerprint density at radius 2 is 1.80 bits per heavy atom. The Morgan fingerprint density at radius 3 is 2.60 bits per heavy atom. The second-order valence-electron chi connectivity index (χ2n) is 10.5. The van der Waals surface area contributed by atoms with Gasteiger partial charge in [0, 0.05) is 42.8 Å². The molecule has 0 spiro atoms. The van der Waals surface area contributed by atoms with Crippen LogP contribution in [0.15, 0.2) is 54.6 Å². The zero-order valence-corrected chi connectivity index (χ0v) is 21.4. The van der Waals surface area contributed by atoms with Gasteiger partial charge in [-0.05, 0) is 81.9 Å². The highest BCUT2D eigenvalue weighted by Crippen LogP contribution is 2.25. The number of likely N-dealkylation sites (N-methyl/N-ethyl adjacent to an activating group) is 1. The predicted molar refractivity (Wildman–Crippen MR) is 143 cm³/mol. The first-order valence-corrected chi connectivity index (χ1v) is 13.5. The van der Waals surface area contributed by atoms with E-state index in [0.717, 1.165) is 52.1 Å². The normalized spacial score (nSPS) is 20.0. The van der Waals surface area contributed by atoms with Crippen molar-refractivity contribution in [3.63, 3.8) is 0 Å². The molecule has 0 saturated carbocycles. The number of piperidine rings is 1. The summed E-state index contributed by atoms with van der Waals surface area (Å²) in [7, 11) is 0. The lowest BCUT2D eigenvalue weighted by Gasteiger charge is -2.32. The molecule has 35 heavy (non-hydrogen) atoms. The number of rotatable bonds is 8. The van der Waals surface area contributed by atoms with E-state index in [1.165, 1.54) is 47.1 Å². The minimum atomic E-state index is 0.154. The Labute approximate surface area is 210 Å². The molecule has 3 heterocycles. The molecule has 3 aromatic rings. The Kier molecular flexibility index (Phi) is 7.54. The van der Waals surface area contributed by atoms with Gasteiger partial charge < -0.3 is 9.88 Å². The Bertz CT molecular complexity index is 1140. The first kappa shape index (κ1) is 24.1. The summed E-state index contributed by atoms with van der Waals surface area (Å²) in [6.45, 7) is 11.2.